The van der Waals surface area contributed by atoms with Crippen LogP contribution in [0.1, 0.15) is 72.5 Å². The first-order valence-electron chi connectivity index (χ1n) is 11.5. The van der Waals surface area contributed by atoms with Crippen LogP contribution in [0.15, 0.2) is 42.5 Å². The average Bonchev–Trinajstić information content (AvgIpc) is 3.07. The van der Waals surface area contributed by atoms with E-state index in [1.807, 2.05) is 36.4 Å². The molecule has 6 heteroatoms. The van der Waals surface area contributed by atoms with Crippen molar-refractivity contribution in [1.29, 1.82) is 0 Å². The molecular weight excluding hydrogens is 404 g/mol. The third-order valence-corrected chi connectivity index (χ3v) is 6.59. The highest BCUT2D eigenvalue weighted by Crippen LogP contribution is 2.37. The second kappa shape index (κ2) is 10.1. The van der Waals surface area contributed by atoms with E-state index in [1.54, 1.807) is 25.2 Å². The molecule has 2 aromatic carbocycles. The fourth-order valence-corrected chi connectivity index (χ4v) is 4.89. The average molecular weight is 437 g/mol. The molecule has 1 saturated carbocycles. The first-order valence-corrected chi connectivity index (χ1v) is 11.5. The fraction of sp³-hybridized carbons (Fsp3) is 0.462. The molecule has 6 nitrogen and oxygen atoms in total. The van der Waals surface area contributed by atoms with Gasteiger partial charge in [-0.25, -0.2) is 0 Å². The summed E-state index contributed by atoms with van der Waals surface area (Å²) in [5.74, 6) is 1.10. The predicted molar refractivity (Wildman–Crippen MR) is 123 cm³/mol. The van der Waals surface area contributed by atoms with Gasteiger partial charge in [0.05, 0.1) is 20.8 Å². The van der Waals surface area contributed by atoms with E-state index in [-0.39, 0.29) is 24.4 Å². The normalized spacial score (nSPS) is 19.1. The minimum Gasteiger partial charge on any atom is -0.497 e. The zero-order chi connectivity index (χ0) is 22.5. The molecular formula is C26H32N2O4. The van der Waals surface area contributed by atoms with Crippen LogP contribution in [0.4, 0.5) is 0 Å². The number of ether oxygens (including phenoxy) is 2. The van der Waals surface area contributed by atoms with Crippen molar-refractivity contribution in [3.8, 4) is 11.5 Å². The number of fused-ring (bicyclic) bond motifs is 1. The number of methoxy groups -OCH3 is 2. The lowest BCUT2D eigenvalue weighted by atomic mass is 9.96. The molecule has 2 aliphatic rings. The van der Waals surface area contributed by atoms with Gasteiger partial charge in [0, 0.05) is 17.2 Å². The number of nitrogens with zero attached hydrogens (tertiary/aromatic N) is 1. The smallest absolute Gasteiger partial charge is 0.255 e. The van der Waals surface area contributed by atoms with E-state index in [0.717, 1.165) is 36.8 Å². The Morgan fingerprint density at radius 1 is 1.00 bits per heavy atom. The Bertz CT molecular complexity index is 966. The summed E-state index contributed by atoms with van der Waals surface area (Å²) in [6.07, 6.45) is 7.99. The highest BCUT2D eigenvalue weighted by atomic mass is 16.5. The summed E-state index contributed by atoms with van der Waals surface area (Å²) < 4.78 is 10.9. The van der Waals surface area contributed by atoms with E-state index in [2.05, 4.69) is 5.32 Å². The minimum atomic E-state index is -0.653. The van der Waals surface area contributed by atoms with E-state index in [0.29, 0.717) is 17.1 Å². The van der Waals surface area contributed by atoms with E-state index in [4.69, 9.17) is 9.47 Å². The van der Waals surface area contributed by atoms with Crippen LogP contribution in [0.3, 0.4) is 0 Å². The predicted octanol–water partition coefficient (Wildman–Crippen LogP) is 4.63. The summed E-state index contributed by atoms with van der Waals surface area (Å²) >= 11 is 0. The van der Waals surface area contributed by atoms with Crippen LogP contribution in [0.2, 0.25) is 0 Å². The standard InChI is InChI=1S/C26H32N2O4/c1-31-20-14-15-23(32-2)18(16-20)17-28-24(21-12-8-9-13-22(21)26(28)30)25(29)27-19-10-6-4-3-5-7-11-19/h8-9,12-16,19,24H,3-7,10-11,17H2,1-2H3,(H,27,29). The molecule has 2 aromatic rings. The molecule has 1 unspecified atom stereocenters. The van der Waals surface area contributed by atoms with Crippen molar-refractivity contribution in [3.05, 3.63) is 59.2 Å². The highest BCUT2D eigenvalue weighted by molar-refractivity contribution is 6.04. The second-order valence-corrected chi connectivity index (χ2v) is 8.65. The Morgan fingerprint density at radius 2 is 1.72 bits per heavy atom. The molecule has 1 aliphatic heterocycles. The van der Waals surface area contributed by atoms with Gasteiger partial charge in [-0.2, -0.15) is 0 Å². The van der Waals surface area contributed by atoms with E-state index >= 15 is 0 Å². The van der Waals surface area contributed by atoms with E-state index in [9.17, 15) is 9.59 Å². The molecule has 4 rings (SSSR count). The second-order valence-electron chi connectivity index (χ2n) is 8.65. The van der Waals surface area contributed by atoms with Gasteiger partial charge in [-0.3, -0.25) is 9.59 Å². The topological polar surface area (TPSA) is 67.9 Å². The van der Waals surface area contributed by atoms with E-state index in [1.165, 1.54) is 19.3 Å². The lowest BCUT2D eigenvalue weighted by Crippen LogP contribution is -2.43. The zero-order valence-electron chi connectivity index (χ0n) is 18.9. The van der Waals surface area contributed by atoms with Crippen molar-refractivity contribution in [2.24, 2.45) is 0 Å². The van der Waals surface area contributed by atoms with Gasteiger partial charge in [0.25, 0.3) is 5.91 Å². The molecule has 0 bridgehead atoms. The van der Waals surface area contributed by atoms with Crippen molar-refractivity contribution in [1.82, 2.24) is 10.2 Å². The van der Waals surface area contributed by atoms with Crippen molar-refractivity contribution in [3.63, 3.8) is 0 Å². The molecule has 170 valence electrons. The van der Waals surface area contributed by atoms with Gasteiger partial charge < -0.3 is 19.7 Å². The molecule has 1 aliphatic carbocycles. The molecule has 1 fully saturated rings. The van der Waals surface area contributed by atoms with Crippen molar-refractivity contribution >= 4 is 11.8 Å². The molecule has 2 amide bonds. The fourth-order valence-electron chi connectivity index (χ4n) is 4.89. The number of hydrogen-bond donors (Lipinski definition) is 1. The van der Waals surface area contributed by atoms with Gasteiger partial charge in [-0.1, -0.05) is 50.3 Å². The number of carbonyl (C=O) groups is 2. The maximum atomic E-state index is 13.5. The van der Waals surface area contributed by atoms with Crippen molar-refractivity contribution < 1.29 is 19.1 Å². The molecule has 1 atom stereocenters. The maximum Gasteiger partial charge on any atom is 0.255 e. The Balaban J connectivity index is 1.62. The van der Waals surface area contributed by atoms with Crippen LogP contribution in [0.5, 0.6) is 11.5 Å². The molecule has 0 spiro atoms. The molecule has 0 radical (unpaired) electrons. The minimum absolute atomic E-state index is 0.101. The highest BCUT2D eigenvalue weighted by Gasteiger charge is 2.41. The van der Waals surface area contributed by atoms with Gasteiger partial charge in [0.2, 0.25) is 5.91 Å². The molecule has 32 heavy (non-hydrogen) atoms. The summed E-state index contributed by atoms with van der Waals surface area (Å²) in [6, 6.07) is 12.4. The maximum absolute atomic E-state index is 13.5. The van der Waals surface area contributed by atoms with E-state index < -0.39 is 6.04 Å². The summed E-state index contributed by atoms with van der Waals surface area (Å²) in [6.45, 7) is 0.261. The molecule has 0 saturated heterocycles. The Morgan fingerprint density at radius 3 is 2.44 bits per heavy atom. The summed E-state index contributed by atoms with van der Waals surface area (Å²) in [7, 11) is 3.21. The SMILES string of the molecule is COc1ccc(OC)c(CN2C(=O)c3ccccc3C2C(=O)NC2CCCCCCC2)c1. The van der Waals surface area contributed by atoms with Crippen molar-refractivity contribution in [2.75, 3.05) is 14.2 Å². The Kier molecular flexibility index (Phi) is 6.98. The Hall–Kier alpha value is -3.02. The molecule has 0 aromatic heterocycles. The summed E-state index contributed by atoms with van der Waals surface area (Å²) in [4.78, 5) is 28.5. The zero-order valence-corrected chi connectivity index (χ0v) is 18.9. The summed E-state index contributed by atoms with van der Waals surface area (Å²) in [5, 5.41) is 3.27. The van der Waals surface area contributed by atoms with Gasteiger partial charge in [-0.05, 0) is 42.7 Å². The number of hydrogen-bond acceptors (Lipinski definition) is 4. The van der Waals surface area contributed by atoms with Gasteiger partial charge >= 0.3 is 0 Å². The van der Waals surface area contributed by atoms with Crippen LogP contribution in [-0.4, -0.2) is 37.0 Å². The molecule has 1 heterocycles. The van der Waals surface area contributed by atoms with Crippen LogP contribution < -0.4 is 14.8 Å². The first kappa shape index (κ1) is 22.2. The molecule has 1 N–H and O–H groups in total. The largest absolute Gasteiger partial charge is 0.497 e. The lowest BCUT2D eigenvalue weighted by Gasteiger charge is -2.28. The van der Waals surface area contributed by atoms with Crippen LogP contribution in [0, 0.1) is 0 Å². The quantitative estimate of drug-likeness (QED) is 0.717. The van der Waals surface area contributed by atoms with Crippen molar-refractivity contribution in [2.45, 2.75) is 63.6 Å². The summed E-state index contributed by atoms with van der Waals surface area (Å²) in [5.41, 5.74) is 2.16. The lowest BCUT2D eigenvalue weighted by molar-refractivity contribution is -0.126. The number of benzene rings is 2. The number of nitrogens with one attached hydrogen (secondary N) is 1. The van der Waals surface area contributed by atoms with Crippen LogP contribution in [0.25, 0.3) is 0 Å². The monoisotopic (exact) mass is 436 g/mol. The first-order chi connectivity index (χ1) is 15.6. The third-order valence-electron chi connectivity index (χ3n) is 6.59. The number of amides is 2. The van der Waals surface area contributed by atoms with Gasteiger partial charge in [0.1, 0.15) is 17.5 Å². The number of carbonyl (C=O) groups excluding carboxylic acids is 2. The van der Waals surface area contributed by atoms with Crippen LogP contribution >= 0.6 is 0 Å². The van der Waals surface area contributed by atoms with Gasteiger partial charge in [0.15, 0.2) is 0 Å². The Labute approximate surface area is 189 Å². The third kappa shape index (κ3) is 4.59. The van der Waals surface area contributed by atoms with Gasteiger partial charge in [-0.15, -0.1) is 0 Å². The number of rotatable bonds is 6. The van der Waals surface area contributed by atoms with Crippen LogP contribution in [-0.2, 0) is 11.3 Å².